The fourth-order valence-electron chi connectivity index (χ4n) is 2.70. The molecule has 2 amide bonds. The molecule has 1 fully saturated rings. The number of amides is 2. The average molecular weight is 355 g/mol. The predicted octanol–water partition coefficient (Wildman–Crippen LogP) is 1.41. The summed E-state index contributed by atoms with van der Waals surface area (Å²) in [6, 6.07) is 8.84. The molecule has 1 N–H and O–H groups in total. The van der Waals surface area contributed by atoms with Gasteiger partial charge in [-0.3, -0.25) is 9.59 Å². The fourth-order valence-corrected chi connectivity index (χ4v) is 2.70. The summed E-state index contributed by atoms with van der Waals surface area (Å²) in [6.45, 7) is 5.14. The second-order valence-corrected chi connectivity index (χ2v) is 5.80. The first kappa shape index (κ1) is 17.7. The molecule has 1 aliphatic heterocycles. The zero-order chi connectivity index (χ0) is 18.4. The van der Waals surface area contributed by atoms with E-state index in [9.17, 15) is 9.59 Å². The van der Waals surface area contributed by atoms with Crippen LogP contribution in [-0.4, -0.2) is 60.0 Å². The third-order valence-corrected chi connectivity index (χ3v) is 4.10. The SMILES string of the molecule is CCOc1ccc(NC(=O)c2cc(N3CCN(C=O)CC3)ncn2)cc1. The van der Waals surface area contributed by atoms with Crippen LogP contribution in [0.1, 0.15) is 17.4 Å². The Morgan fingerprint density at radius 3 is 2.58 bits per heavy atom. The predicted molar refractivity (Wildman–Crippen MR) is 97.4 cm³/mol. The highest BCUT2D eigenvalue weighted by Crippen LogP contribution is 2.17. The van der Waals surface area contributed by atoms with E-state index in [0.29, 0.717) is 50.0 Å². The zero-order valence-corrected chi connectivity index (χ0v) is 14.6. The van der Waals surface area contributed by atoms with Crippen molar-refractivity contribution in [1.29, 1.82) is 0 Å². The maximum absolute atomic E-state index is 12.5. The molecule has 1 aromatic heterocycles. The van der Waals surface area contributed by atoms with Gasteiger partial charge in [0.05, 0.1) is 6.61 Å². The molecule has 0 aliphatic carbocycles. The van der Waals surface area contributed by atoms with Gasteiger partial charge in [0.2, 0.25) is 6.41 Å². The van der Waals surface area contributed by atoms with E-state index < -0.39 is 0 Å². The summed E-state index contributed by atoms with van der Waals surface area (Å²) in [5.74, 6) is 1.14. The van der Waals surface area contributed by atoms with Crippen LogP contribution < -0.4 is 15.0 Å². The van der Waals surface area contributed by atoms with Crippen LogP contribution in [0.15, 0.2) is 36.7 Å². The molecule has 0 radical (unpaired) electrons. The summed E-state index contributed by atoms with van der Waals surface area (Å²) in [6.07, 6.45) is 2.24. The Balaban J connectivity index is 1.65. The monoisotopic (exact) mass is 355 g/mol. The Bertz CT molecular complexity index is 758. The molecule has 8 nitrogen and oxygen atoms in total. The summed E-state index contributed by atoms with van der Waals surface area (Å²) in [4.78, 5) is 35.3. The van der Waals surface area contributed by atoms with Crippen LogP contribution in [0.25, 0.3) is 0 Å². The lowest BCUT2D eigenvalue weighted by Gasteiger charge is -2.33. The fraction of sp³-hybridized carbons (Fsp3) is 0.333. The first-order valence-electron chi connectivity index (χ1n) is 8.50. The quantitative estimate of drug-likeness (QED) is 0.788. The number of benzene rings is 1. The lowest BCUT2D eigenvalue weighted by molar-refractivity contribution is -0.118. The van der Waals surface area contributed by atoms with E-state index in [-0.39, 0.29) is 5.91 Å². The molecule has 0 unspecified atom stereocenters. The first-order valence-corrected chi connectivity index (χ1v) is 8.50. The maximum Gasteiger partial charge on any atom is 0.274 e. The van der Waals surface area contributed by atoms with Crippen LogP contribution in [0.5, 0.6) is 5.75 Å². The van der Waals surface area contributed by atoms with E-state index in [2.05, 4.69) is 15.3 Å². The molecule has 136 valence electrons. The minimum Gasteiger partial charge on any atom is -0.494 e. The van der Waals surface area contributed by atoms with Gasteiger partial charge >= 0.3 is 0 Å². The van der Waals surface area contributed by atoms with Gasteiger partial charge in [0.15, 0.2) is 0 Å². The number of carbonyl (C=O) groups excluding carboxylic acids is 2. The Morgan fingerprint density at radius 2 is 1.92 bits per heavy atom. The summed E-state index contributed by atoms with van der Waals surface area (Å²) >= 11 is 0. The molecular weight excluding hydrogens is 334 g/mol. The molecule has 0 atom stereocenters. The highest BCUT2D eigenvalue weighted by Gasteiger charge is 2.18. The number of piperazine rings is 1. The Morgan fingerprint density at radius 1 is 1.19 bits per heavy atom. The van der Waals surface area contributed by atoms with Crippen molar-refractivity contribution in [1.82, 2.24) is 14.9 Å². The summed E-state index contributed by atoms with van der Waals surface area (Å²) in [5, 5.41) is 2.82. The molecule has 8 heteroatoms. The van der Waals surface area contributed by atoms with Crippen LogP contribution in [0.2, 0.25) is 0 Å². The van der Waals surface area contributed by atoms with Crippen molar-refractivity contribution in [3.05, 3.63) is 42.4 Å². The Hall–Kier alpha value is -3.16. The number of hydrogen-bond acceptors (Lipinski definition) is 6. The van der Waals surface area contributed by atoms with E-state index in [1.54, 1.807) is 35.2 Å². The number of rotatable bonds is 6. The molecule has 1 aromatic carbocycles. The molecule has 0 saturated carbocycles. The molecule has 1 saturated heterocycles. The summed E-state index contributed by atoms with van der Waals surface area (Å²) in [5.41, 5.74) is 0.958. The van der Waals surface area contributed by atoms with Gasteiger partial charge in [-0.25, -0.2) is 9.97 Å². The minimum absolute atomic E-state index is 0.293. The largest absolute Gasteiger partial charge is 0.494 e. The van der Waals surface area contributed by atoms with Gasteiger partial charge in [-0.1, -0.05) is 0 Å². The number of nitrogens with one attached hydrogen (secondary N) is 1. The zero-order valence-electron chi connectivity index (χ0n) is 14.6. The first-order chi connectivity index (χ1) is 12.7. The van der Waals surface area contributed by atoms with Crippen LogP contribution in [0.4, 0.5) is 11.5 Å². The average Bonchev–Trinajstić information content (AvgIpc) is 2.70. The van der Waals surface area contributed by atoms with Gasteiger partial charge in [-0.05, 0) is 31.2 Å². The van der Waals surface area contributed by atoms with Crippen molar-refractivity contribution in [2.75, 3.05) is 43.0 Å². The van der Waals surface area contributed by atoms with Gasteiger partial charge < -0.3 is 19.9 Å². The number of ether oxygens (including phenoxy) is 1. The van der Waals surface area contributed by atoms with E-state index in [1.165, 1.54) is 6.33 Å². The highest BCUT2D eigenvalue weighted by atomic mass is 16.5. The lowest BCUT2D eigenvalue weighted by atomic mass is 10.2. The summed E-state index contributed by atoms with van der Waals surface area (Å²) < 4.78 is 5.38. The minimum atomic E-state index is -0.302. The van der Waals surface area contributed by atoms with Crippen molar-refractivity contribution in [3.8, 4) is 5.75 Å². The number of hydrogen-bond donors (Lipinski definition) is 1. The van der Waals surface area contributed by atoms with Crippen molar-refractivity contribution in [3.63, 3.8) is 0 Å². The normalized spacial score (nSPS) is 14.0. The number of carbonyl (C=O) groups is 2. The van der Waals surface area contributed by atoms with Gasteiger partial charge in [0, 0.05) is 37.9 Å². The van der Waals surface area contributed by atoms with Crippen molar-refractivity contribution >= 4 is 23.8 Å². The molecule has 26 heavy (non-hydrogen) atoms. The number of anilines is 2. The van der Waals surface area contributed by atoms with Crippen molar-refractivity contribution < 1.29 is 14.3 Å². The van der Waals surface area contributed by atoms with E-state index >= 15 is 0 Å². The van der Waals surface area contributed by atoms with Crippen molar-refractivity contribution in [2.45, 2.75) is 6.92 Å². The van der Waals surface area contributed by atoms with Crippen molar-refractivity contribution in [2.24, 2.45) is 0 Å². The van der Waals surface area contributed by atoms with Gasteiger partial charge in [-0.2, -0.15) is 0 Å². The number of nitrogens with zero attached hydrogens (tertiary/aromatic N) is 4. The van der Waals surface area contributed by atoms with E-state index in [0.717, 1.165) is 12.2 Å². The van der Waals surface area contributed by atoms with Crippen LogP contribution in [-0.2, 0) is 4.79 Å². The molecule has 1 aliphatic rings. The molecule has 0 bridgehead atoms. The molecule has 0 spiro atoms. The Labute approximate surface area is 151 Å². The van der Waals surface area contributed by atoms with Crippen LogP contribution in [0.3, 0.4) is 0 Å². The Kier molecular flexibility index (Phi) is 5.62. The molecular formula is C18H21N5O3. The van der Waals surface area contributed by atoms with E-state index in [1.807, 2.05) is 11.8 Å². The van der Waals surface area contributed by atoms with Gasteiger partial charge in [0.1, 0.15) is 23.6 Å². The second kappa shape index (κ2) is 8.28. The smallest absolute Gasteiger partial charge is 0.274 e. The van der Waals surface area contributed by atoms with Crippen LogP contribution in [0, 0.1) is 0 Å². The third kappa shape index (κ3) is 4.27. The van der Waals surface area contributed by atoms with E-state index in [4.69, 9.17) is 4.74 Å². The van der Waals surface area contributed by atoms with Gasteiger partial charge in [-0.15, -0.1) is 0 Å². The molecule has 2 aromatic rings. The molecule has 2 heterocycles. The topological polar surface area (TPSA) is 87.7 Å². The maximum atomic E-state index is 12.5. The second-order valence-electron chi connectivity index (χ2n) is 5.80. The van der Waals surface area contributed by atoms with Gasteiger partial charge in [0.25, 0.3) is 5.91 Å². The summed E-state index contributed by atoms with van der Waals surface area (Å²) in [7, 11) is 0. The highest BCUT2D eigenvalue weighted by molar-refractivity contribution is 6.03. The standard InChI is InChI=1S/C18H21N5O3/c1-2-26-15-5-3-14(4-6-15)21-18(25)16-11-17(20-12-19-16)23-9-7-22(13-24)8-10-23/h3-6,11-13H,2,7-10H2,1H3,(H,21,25). The number of aromatic nitrogens is 2. The third-order valence-electron chi connectivity index (χ3n) is 4.10. The molecule has 3 rings (SSSR count). The van der Waals surface area contributed by atoms with Crippen LogP contribution >= 0.6 is 0 Å². The lowest BCUT2D eigenvalue weighted by Crippen LogP contribution is -2.46.